The normalized spacial score (nSPS) is 22.0. The van der Waals surface area contributed by atoms with E-state index in [1.165, 1.54) is 19.3 Å². The minimum Gasteiger partial charge on any atom is -0.381 e. The molecule has 1 aliphatic rings. The molecule has 21 heavy (non-hydrogen) atoms. The van der Waals surface area contributed by atoms with Gasteiger partial charge in [0.2, 0.25) is 10.0 Å². The van der Waals surface area contributed by atoms with Gasteiger partial charge in [-0.3, -0.25) is 0 Å². The van der Waals surface area contributed by atoms with Gasteiger partial charge in [0.15, 0.2) is 0 Å². The van der Waals surface area contributed by atoms with Crippen LogP contribution in [0.3, 0.4) is 0 Å². The Hall–Kier alpha value is -1.07. The first-order valence-electron chi connectivity index (χ1n) is 7.72. The molecule has 0 saturated heterocycles. The monoisotopic (exact) mass is 310 g/mol. The van der Waals surface area contributed by atoms with E-state index in [1.54, 1.807) is 19.1 Å². The predicted molar refractivity (Wildman–Crippen MR) is 87.0 cm³/mol. The summed E-state index contributed by atoms with van der Waals surface area (Å²) in [5, 5.41) is 3.49. The van der Waals surface area contributed by atoms with Crippen LogP contribution in [0.4, 0.5) is 5.69 Å². The number of sulfonamides is 1. The molecule has 0 aromatic heterocycles. The van der Waals surface area contributed by atoms with E-state index in [9.17, 15) is 8.42 Å². The van der Waals surface area contributed by atoms with Gasteiger partial charge in [-0.15, -0.1) is 0 Å². The van der Waals surface area contributed by atoms with Crippen molar-refractivity contribution in [1.82, 2.24) is 4.72 Å². The van der Waals surface area contributed by atoms with Gasteiger partial charge in [0.1, 0.15) is 4.90 Å². The van der Waals surface area contributed by atoms with Crippen LogP contribution in [0.1, 0.15) is 46.5 Å². The maximum atomic E-state index is 12.3. The maximum absolute atomic E-state index is 12.3. The van der Waals surface area contributed by atoms with E-state index in [2.05, 4.69) is 23.9 Å². The van der Waals surface area contributed by atoms with Crippen molar-refractivity contribution in [2.75, 3.05) is 11.9 Å². The van der Waals surface area contributed by atoms with Gasteiger partial charge in [-0.2, -0.15) is 0 Å². The standard InChI is InChI=1S/C16H26N2O2S/c1-4-17-21(19,20)14-10-6-5-9-13(14)18-15-11-7-8-12-16(15,2)3/h5-6,9-10,15,17-18H,4,7-8,11-12H2,1-3H3. The number of hydrogen-bond acceptors (Lipinski definition) is 3. The Labute approximate surface area is 128 Å². The Kier molecular flexibility index (Phi) is 4.94. The van der Waals surface area contributed by atoms with E-state index in [1.807, 2.05) is 12.1 Å². The zero-order chi connectivity index (χ0) is 15.5. The molecule has 2 N–H and O–H groups in total. The van der Waals surface area contributed by atoms with Gasteiger partial charge in [0.25, 0.3) is 0 Å². The molecule has 0 aliphatic heterocycles. The van der Waals surface area contributed by atoms with Gasteiger partial charge >= 0.3 is 0 Å². The van der Waals surface area contributed by atoms with Crippen LogP contribution in [0, 0.1) is 5.41 Å². The lowest BCUT2D eigenvalue weighted by atomic mass is 9.73. The third-order valence-corrected chi connectivity index (χ3v) is 5.95. The predicted octanol–water partition coefficient (Wildman–Crippen LogP) is 3.37. The fourth-order valence-electron chi connectivity index (χ4n) is 3.04. The molecule has 1 saturated carbocycles. The molecular formula is C16H26N2O2S. The second-order valence-corrected chi connectivity index (χ2v) is 8.16. The summed E-state index contributed by atoms with van der Waals surface area (Å²) in [6, 6.07) is 7.47. The van der Waals surface area contributed by atoms with Crippen molar-refractivity contribution in [1.29, 1.82) is 0 Å². The quantitative estimate of drug-likeness (QED) is 0.876. The number of para-hydroxylation sites is 1. The van der Waals surface area contributed by atoms with Crippen molar-refractivity contribution in [3.8, 4) is 0 Å². The van der Waals surface area contributed by atoms with Crippen LogP contribution in [-0.4, -0.2) is 21.0 Å². The number of benzene rings is 1. The first-order chi connectivity index (χ1) is 9.87. The Balaban J connectivity index is 2.29. The van der Waals surface area contributed by atoms with Crippen LogP contribution in [0.15, 0.2) is 29.2 Å². The lowest BCUT2D eigenvalue weighted by molar-refractivity contribution is 0.217. The molecular weight excluding hydrogens is 284 g/mol. The molecule has 118 valence electrons. The molecule has 0 amide bonds. The molecule has 1 aliphatic carbocycles. The first kappa shape index (κ1) is 16.3. The second kappa shape index (κ2) is 6.36. The van der Waals surface area contributed by atoms with Crippen molar-refractivity contribution < 1.29 is 8.42 Å². The minimum atomic E-state index is -3.44. The number of anilines is 1. The molecule has 2 rings (SSSR count). The van der Waals surface area contributed by atoms with E-state index in [-0.39, 0.29) is 5.41 Å². The molecule has 0 radical (unpaired) electrons. The Morgan fingerprint density at radius 3 is 2.62 bits per heavy atom. The van der Waals surface area contributed by atoms with Crippen LogP contribution in [-0.2, 0) is 10.0 Å². The highest BCUT2D eigenvalue weighted by Gasteiger charge is 2.33. The Morgan fingerprint density at radius 2 is 1.95 bits per heavy atom. The summed E-state index contributed by atoms with van der Waals surface area (Å²) in [6.07, 6.45) is 4.71. The Bertz CT molecular complexity index is 582. The van der Waals surface area contributed by atoms with Crippen LogP contribution in [0.2, 0.25) is 0 Å². The lowest BCUT2D eigenvalue weighted by Gasteiger charge is -2.40. The average molecular weight is 310 g/mol. The second-order valence-electron chi connectivity index (χ2n) is 6.43. The van der Waals surface area contributed by atoms with Crippen molar-refractivity contribution in [3.63, 3.8) is 0 Å². The zero-order valence-electron chi connectivity index (χ0n) is 13.1. The molecule has 1 unspecified atom stereocenters. The van der Waals surface area contributed by atoms with Gasteiger partial charge in [0, 0.05) is 12.6 Å². The highest BCUT2D eigenvalue weighted by atomic mass is 32.2. The molecule has 1 aromatic rings. The van der Waals surface area contributed by atoms with E-state index in [4.69, 9.17) is 0 Å². The largest absolute Gasteiger partial charge is 0.381 e. The van der Waals surface area contributed by atoms with Gasteiger partial charge in [-0.25, -0.2) is 13.1 Å². The lowest BCUT2D eigenvalue weighted by Crippen LogP contribution is -2.39. The summed E-state index contributed by atoms with van der Waals surface area (Å²) in [4.78, 5) is 0.341. The fraction of sp³-hybridized carbons (Fsp3) is 0.625. The van der Waals surface area contributed by atoms with Gasteiger partial charge in [0.05, 0.1) is 5.69 Å². The van der Waals surface area contributed by atoms with Gasteiger partial charge in [-0.05, 0) is 30.4 Å². The van der Waals surface area contributed by atoms with Crippen LogP contribution < -0.4 is 10.0 Å². The summed E-state index contributed by atoms with van der Waals surface area (Å²) >= 11 is 0. The molecule has 4 nitrogen and oxygen atoms in total. The third-order valence-electron chi connectivity index (χ3n) is 4.35. The summed E-state index contributed by atoms with van der Waals surface area (Å²) in [5.41, 5.74) is 0.895. The van der Waals surface area contributed by atoms with E-state index in [0.717, 1.165) is 6.42 Å². The highest BCUT2D eigenvalue weighted by molar-refractivity contribution is 7.89. The van der Waals surface area contributed by atoms with E-state index < -0.39 is 10.0 Å². The summed E-state index contributed by atoms with van der Waals surface area (Å²) in [7, 11) is -3.44. The number of nitrogens with one attached hydrogen (secondary N) is 2. The SMILES string of the molecule is CCNS(=O)(=O)c1ccccc1NC1CCCCC1(C)C. The number of rotatable bonds is 5. The molecule has 1 aromatic carbocycles. The van der Waals surface area contributed by atoms with Crippen molar-refractivity contribution in [2.24, 2.45) is 5.41 Å². The van der Waals surface area contributed by atoms with Crippen LogP contribution >= 0.6 is 0 Å². The minimum absolute atomic E-state index is 0.188. The molecule has 0 heterocycles. The van der Waals surface area contributed by atoms with Crippen molar-refractivity contribution in [2.45, 2.75) is 57.4 Å². The Morgan fingerprint density at radius 1 is 1.24 bits per heavy atom. The summed E-state index contributed by atoms with van der Waals surface area (Å²) in [6.45, 7) is 6.69. The summed E-state index contributed by atoms with van der Waals surface area (Å²) < 4.78 is 27.2. The molecule has 0 bridgehead atoms. The van der Waals surface area contributed by atoms with Gasteiger partial charge < -0.3 is 5.32 Å². The molecule has 1 fully saturated rings. The van der Waals surface area contributed by atoms with Crippen molar-refractivity contribution in [3.05, 3.63) is 24.3 Å². The topological polar surface area (TPSA) is 58.2 Å². The van der Waals surface area contributed by atoms with Gasteiger partial charge in [-0.1, -0.05) is 45.7 Å². The van der Waals surface area contributed by atoms with Crippen molar-refractivity contribution >= 4 is 15.7 Å². The summed E-state index contributed by atoms with van der Waals surface area (Å²) in [5.74, 6) is 0. The van der Waals surface area contributed by atoms with E-state index >= 15 is 0 Å². The maximum Gasteiger partial charge on any atom is 0.242 e. The first-order valence-corrected chi connectivity index (χ1v) is 9.20. The average Bonchev–Trinajstić information content (AvgIpc) is 2.41. The van der Waals surface area contributed by atoms with E-state index in [0.29, 0.717) is 23.2 Å². The highest BCUT2D eigenvalue weighted by Crippen LogP contribution is 2.38. The molecule has 0 spiro atoms. The van der Waals surface area contributed by atoms with Crippen LogP contribution in [0.5, 0.6) is 0 Å². The molecule has 1 atom stereocenters. The van der Waals surface area contributed by atoms with Crippen LogP contribution in [0.25, 0.3) is 0 Å². The number of hydrogen-bond donors (Lipinski definition) is 2. The zero-order valence-corrected chi connectivity index (χ0v) is 14.0. The fourth-order valence-corrected chi connectivity index (χ4v) is 4.25. The third kappa shape index (κ3) is 3.77. The smallest absolute Gasteiger partial charge is 0.242 e. The molecule has 5 heteroatoms.